The van der Waals surface area contributed by atoms with Gasteiger partial charge < -0.3 is 0 Å². The molecule has 0 radical (unpaired) electrons. The summed E-state index contributed by atoms with van der Waals surface area (Å²) < 4.78 is 2.69. The van der Waals surface area contributed by atoms with Crippen molar-refractivity contribution >= 4 is 27.5 Å². The molecule has 3 rings (SSSR count). The van der Waals surface area contributed by atoms with Gasteiger partial charge in [0.1, 0.15) is 0 Å². The summed E-state index contributed by atoms with van der Waals surface area (Å²) in [5.41, 5.74) is 2.08. The Morgan fingerprint density at radius 3 is 2.63 bits per heavy atom. The fourth-order valence-electron chi connectivity index (χ4n) is 1.71. The molecule has 0 unspecified atom stereocenters. The minimum absolute atomic E-state index is 0.363. The lowest BCUT2D eigenvalue weighted by Gasteiger charge is -2.00. The Kier molecular flexibility index (Phi) is 3.31. The van der Waals surface area contributed by atoms with E-state index in [0.29, 0.717) is 11.0 Å². The van der Waals surface area contributed by atoms with Crippen molar-refractivity contribution in [3.8, 4) is 16.9 Å². The van der Waals surface area contributed by atoms with Crippen LogP contribution >= 0.6 is 27.5 Å². The predicted molar refractivity (Wildman–Crippen MR) is 77.3 cm³/mol. The molecule has 0 aliphatic rings. The summed E-state index contributed by atoms with van der Waals surface area (Å²) >= 11 is 9.24. The van der Waals surface area contributed by atoms with Crippen molar-refractivity contribution in [1.29, 1.82) is 0 Å². The lowest BCUT2D eigenvalue weighted by molar-refractivity contribution is 0.814. The molecule has 0 aliphatic carbocycles. The highest BCUT2D eigenvalue weighted by Crippen LogP contribution is 2.27. The second-order valence-electron chi connectivity index (χ2n) is 3.87. The van der Waals surface area contributed by atoms with Gasteiger partial charge in [-0.25, -0.2) is 4.68 Å². The summed E-state index contributed by atoms with van der Waals surface area (Å²) in [5, 5.41) is 12.4. The minimum atomic E-state index is 0.363. The molecule has 0 bridgehead atoms. The van der Waals surface area contributed by atoms with Crippen LogP contribution in [0.5, 0.6) is 0 Å². The Morgan fingerprint density at radius 1 is 1.05 bits per heavy atom. The van der Waals surface area contributed by atoms with Crippen molar-refractivity contribution in [2.24, 2.45) is 0 Å². The van der Waals surface area contributed by atoms with Crippen molar-refractivity contribution < 1.29 is 0 Å². The van der Waals surface area contributed by atoms with Gasteiger partial charge in [0.15, 0.2) is 11.0 Å². The number of aromatic nitrogens is 4. The number of nitrogens with zero attached hydrogens (tertiary/aromatic N) is 4. The maximum atomic E-state index is 5.71. The first-order chi connectivity index (χ1) is 9.24. The molecule has 0 saturated heterocycles. The van der Waals surface area contributed by atoms with Gasteiger partial charge in [0.25, 0.3) is 0 Å². The molecule has 0 aliphatic heterocycles. The molecule has 0 spiro atoms. The van der Waals surface area contributed by atoms with Crippen LogP contribution in [0.4, 0.5) is 0 Å². The van der Waals surface area contributed by atoms with Crippen LogP contribution in [0.1, 0.15) is 0 Å². The van der Waals surface area contributed by atoms with Crippen LogP contribution in [0.25, 0.3) is 16.9 Å². The van der Waals surface area contributed by atoms with E-state index in [1.165, 1.54) is 0 Å². The van der Waals surface area contributed by atoms with E-state index in [0.717, 1.165) is 15.6 Å². The van der Waals surface area contributed by atoms with Gasteiger partial charge in [-0.3, -0.25) is 0 Å². The molecule has 6 heteroatoms. The van der Waals surface area contributed by atoms with Crippen LogP contribution in [-0.2, 0) is 0 Å². The average Bonchev–Trinajstić information content (AvgIpc) is 2.89. The number of hydrogen-bond acceptors (Lipinski definition) is 3. The van der Waals surface area contributed by atoms with Crippen molar-refractivity contribution in [3.05, 3.63) is 58.4 Å². The molecule has 0 fully saturated rings. The number of halogens is 2. The molecule has 0 amide bonds. The third-order valence-electron chi connectivity index (χ3n) is 2.62. The Labute approximate surface area is 123 Å². The molecular formula is C13H8BrClN4. The fraction of sp³-hybridized carbons (Fsp3) is 0. The third kappa shape index (κ3) is 2.52. The first-order valence-electron chi connectivity index (χ1n) is 5.53. The highest BCUT2D eigenvalue weighted by Gasteiger charge is 2.07. The van der Waals surface area contributed by atoms with E-state index in [-0.39, 0.29) is 0 Å². The maximum Gasteiger partial charge on any atom is 0.175 e. The predicted octanol–water partition coefficient (Wildman–Crippen LogP) is 3.75. The zero-order chi connectivity index (χ0) is 13.2. The van der Waals surface area contributed by atoms with Gasteiger partial charge in [0, 0.05) is 16.2 Å². The van der Waals surface area contributed by atoms with Gasteiger partial charge in [-0.05, 0) is 23.8 Å². The van der Waals surface area contributed by atoms with E-state index in [4.69, 9.17) is 11.6 Å². The van der Waals surface area contributed by atoms with Gasteiger partial charge in [-0.15, -0.1) is 10.2 Å². The van der Waals surface area contributed by atoms with E-state index < -0.39 is 0 Å². The SMILES string of the molecule is Clc1ccc(-n2cc(-c3ccccc3Br)cn2)nn1. The van der Waals surface area contributed by atoms with Gasteiger partial charge in [-0.2, -0.15) is 5.10 Å². The highest BCUT2D eigenvalue weighted by atomic mass is 79.9. The van der Waals surface area contributed by atoms with Gasteiger partial charge in [0.2, 0.25) is 0 Å². The molecule has 94 valence electrons. The Hall–Kier alpha value is -1.72. The lowest BCUT2D eigenvalue weighted by atomic mass is 10.1. The van der Waals surface area contributed by atoms with Crippen molar-refractivity contribution in [1.82, 2.24) is 20.0 Å². The summed E-state index contributed by atoms with van der Waals surface area (Å²) in [6, 6.07) is 11.4. The minimum Gasteiger partial charge on any atom is -0.220 e. The molecule has 1 aromatic carbocycles. The van der Waals surface area contributed by atoms with E-state index in [1.807, 2.05) is 30.5 Å². The van der Waals surface area contributed by atoms with Crippen molar-refractivity contribution in [3.63, 3.8) is 0 Å². The average molecular weight is 336 g/mol. The van der Waals surface area contributed by atoms with Crippen LogP contribution in [-0.4, -0.2) is 20.0 Å². The number of hydrogen-bond donors (Lipinski definition) is 0. The second kappa shape index (κ2) is 5.11. The van der Waals surface area contributed by atoms with Crippen LogP contribution in [0.3, 0.4) is 0 Å². The van der Waals surface area contributed by atoms with Gasteiger partial charge in [-0.1, -0.05) is 45.7 Å². The molecule has 19 heavy (non-hydrogen) atoms. The molecule has 0 N–H and O–H groups in total. The number of rotatable bonds is 2. The second-order valence-corrected chi connectivity index (χ2v) is 5.11. The maximum absolute atomic E-state index is 5.71. The first-order valence-corrected chi connectivity index (χ1v) is 6.70. The van der Waals surface area contributed by atoms with Gasteiger partial charge in [0.05, 0.1) is 6.20 Å². The van der Waals surface area contributed by atoms with E-state index in [1.54, 1.807) is 23.0 Å². The first kappa shape index (κ1) is 12.3. The van der Waals surface area contributed by atoms with Crippen LogP contribution in [0.2, 0.25) is 5.15 Å². The summed E-state index contributed by atoms with van der Waals surface area (Å²) in [6.45, 7) is 0. The molecule has 3 aromatic rings. The summed E-state index contributed by atoms with van der Waals surface area (Å²) in [4.78, 5) is 0. The highest BCUT2D eigenvalue weighted by molar-refractivity contribution is 9.10. The van der Waals surface area contributed by atoms with E-state index in [9.17, 15) is 0 Å². The molecular weight excluding hydrogens is 328 g/mol. The van der Waals surface area contributed by atoms with E-state index in [2.05, 4.69) is 31.2 Å². The summed E-state index contributed by atoms with van der Waals surface area (Å²) in [7, 11) is 0. The monoisotopic (exact) mass is 334 g/mol. The quantitative estimate of drug-likeness (QED) is 0.716. The van der Waals surface area contributed by atoms with Crippen LogP contribution < -0.4 is 0 Å². The summed E-state index contributed by atoms with van der Waals surface area (Å²) in [6.07, 6.45) is 3.69. The van der Waals surface area contributed by atoms with Crippen LogP contribution in [0, 0.1) is 0 Å². The standard InChI is InChI=1S/C13H8BrClN4/c14-11-4-2-1-3-10(11)9-7-16-19(8-9)13-6-5-12(15)17-18-13/h1-8H. The molecule has 2 aromatic heterocycles. The molecule has 0 atom stereocenters. The molecule has 4 nitrogen and oxygen atoms in total. The van der Waals surface area contributed by atoms with Crippen molar-refractivity contribution in [2.45, 2.75) is 0 Å². The molecule has 2 heterocycles. The Balaban J connectivity index is 2.00. The molecule has 0 saturated carbocycles. The van der Waals surface area contributed by atoms with Crippen LogP contribution in [0.15, 0.2) is 53.3 Å². The van der Waals surface area contributed by atoms with Gasteiger partial charge >= 0.3 is 0 Å². The van der Waals surface area contributed by atoms with Crippen molar-refractivity contribution in [2.75, 3.05) is 0 Å². The number of benzene rings is 1. The zero-order valence-corrected chi connectivity index (χ0v) is 12.0. The largest absolute Gasteiger partial charge is 0.220 e. The lowest BCUT2D eigenvalue weighted by Crippen LogP contribution is -1.98. The van der Waals surface area contributed by atoms with E-state index >= 15 is 0 Å². The Morgan fingerprint density at radius 2 is 1.89 bits per heavy atom. The smallest absolute Gasteiger partial charge is 0.175 e. The Bertz CT molecular complexity index is 709. The summed E-state index contributed by atoms with van der Waals surface area (Å²) in [5.74, 6) is 0.628. The fourth-order valence-corrected chi connectivity index (χ4v) is 2.33. The third-order valence-corrected chi connectivity index (χ3v) is 3.51. The topological polar surface area (TPSA) is 43.6 Å². The zero-order valence-electron chi connectivity index (χ0n) is 9.66. The normalized spacial score (nSPS) is 10.6.